The van der Waals surface area contributed by atoms with Gasteiger partial charge < -0.3 is 21.3 Å². The maximum absolute atomic E-state index is 6.52. The van der Waals surface area contributed by atoms with Gasteiger partial charge in [-0.3, -0.25) is 4.90 Å². The molecule has 0 unspecified atom stereocenters. The van der Waals surface area contributed by atoms with Gasteiger partial charge in [-0.1, -0.05) is 29.3 Å². The molecular formula is C26H31Cl2N9. The number of pyridine rings is 1. The van der Waals surface area contributed by atoms with Gasteiger partial charge in [0.2, 0.25) is 0 Å². The molecule has 1 fully saturated rings. The van der Waals surface area contributed by atoms with E-state index >= 15 is 0 Å². The van der Waals surface area contributed by atoms with Gasteiger partial charge in [0.05, 0.1) is 22.6 Å². The van der Waals surface area contributed by atoms with Crippen molar-refractivity contribution in [3.63, 3.8) is 0 Å². The number of nitrogens with one attached hydrogen (secondary N) is 2. The summed E-state index contributed by atoms with van der Waals surface area (Å²) in [6.07, 6.45) is 1.92. The molecule has 1 aliphatic rings. The zero-order valence-corrected chi connectivity index (χ0v) is 22.5. The van der Waals surface area contributed by atoms with Crippen molar-refractivity contribution in [3.05, 3.63) is 63.9 Å². The number of rotatable bonds is 8. The monoisotopic (exact) mass is 539 g/mol. The Kier molecular flexibility index (Phi) is 7.66. The van der Waals surface area contributed by atoms with Crippen LogP contribution >= 0.6 is 23.2 Å². The lowest BCUT2D eigenvalue weighted by Gasteiger charge is -2.31. The van der Waals surface area contributed by atoms with Gasteiger partial charge in [0.1, 0.15) is 17.2 Å². The third kappa shape index (κ3) is 6.07. The summed E-state index contributed by atoms with van der Waals surface area (Å²) in [6, 6.07) is 11.4. The van der Waals surface area contributed by atoms with Gasteiger partial charge in [0, 0.05) is 56.4 Å². The van der Waals surface area contributed by atoms with Crippen LogP contribution in [0.25, 0.3) is 16.8 Å². The molecule has 5 rings (SSSR count). The van der Waals surface area contributed by atoms with E-state index in [0.717, 1.165) is 66.7 Å². The molecule has 37 heavy (non-hydrogen) atoms. The van der Waals surface area contributed by atoms with Crippen LogP contribution < -0.4 is 16.4 Å². The van der Waals surface area contributed by atoms with E-state index < -0.39 is 0 Å². The zero-order chi connectivity index (χ0) is 25.9. The van der Waals surface area contributed by atoms with Gasteiger partial charge in [-0.15, -0.1) is 0 Å². The highest BCUT2D eigenvalue weighted by Gasteiger charge is 2.18. The summed E-state index contributed by atoms with van der Waals surface area (Å²) in [5.41, 5.74) is 10.3. The third-order valence-electron chi connectivity index (χ3n) is 6.55. The number of aryl methyl sites for hydroxylation is 1. The number of fused-ring (bicyclic) bond motifs is 1. The van der Waals surface area contributed by atoms with E-state index in [1.807, 2.05) is 41.9 Å². The maximum Gasteiger partial charge on any atom is 0.152 e. The number of halogens is 2. The van der Waals surface area contributed by atoms with E-state index in [4.69, 9.17) is 39.0 Å². The Labute approximate surface area is 226 Å². The summed E-state index contributed by atoms with van der Waals surface area (Å²) >= 11 is 12.6. The van der Waals surface area contributed by atoms with Gasteiger partial charge in [-0.2, -0.15) is 5.10 Å². The third-order valence-corrected chi connectivity index (χ3v) is 7.10. The van der Waals surface area contributed by atoms with Crippen molar-refractivity contribution >= 4 is 46.2 Å². The van der Waals surface area contributed by atoms with Crippen LogP contribution in [0.4, 0.5) is 17.5 Å². The number of hydrogen-bond donors (Lipinski definition) is 3. The molecule has 0 saturated carbocycles. The number of aromatic nitrogens is 4. The quantitative estimate of drug-likeness (QED) is 0.285. The normalized spacial score (nSPS) is 14.8. The number of piperazine rings is 1. The molecule has 4 heterocycles. The molecule has 0 radical (unpaired) electrons. The first-order valence-corrected chi connectivity index (χ1v) is 13.1. The topological polar surface area (TPSA) is 99.6 Å². The van der Waals surface area contributed by atoms with Crippen molar-refractivity contribution in [2.24, 2.45) is 0 Å². The second kappa shape index (κ2) is 11.1. The Hall–Kier alpha value is -3.11. The molecule has 1 aromatic carbocycles. The van der Waals surface area contributed by atoms with Crippen LogP contribution in [-0.4, -0.2) is 75.7 Å². The van der Waals surface area contributed by atoms with Crippen LogP contribution in [0.15, 0.2) is 42.6 Å². The first-order valence-electron chi connectivity index (χ1n) is 12.3. The average Bonchev–Trinajstić information content (AvgIpc) is 3.28. The van der Waals surface area contributed by atoms with Gasteiger partial charge in [-0.25, -0.2) is 14.5 Å². The Bertz CT molecular complexity index is 1400. The summed E-state index contributed by atoms with van der Waals surface area (Å²) in [5.74, 6) is 2.00. The lowest BCUT2D eigenvalue weighted by Crippen LogP contribution is -2.43. The molecule has 0 atom stereocenters. The molecule has 4 aromatic rings. The van der Waals surface area contributed by atoms with Crippen molar-refractivity contribution in [2.45, 2.75) is 13.5 Å². The van der Waals surface area contributed by atoms with Crippen LogP contribution in [0.5, 0.6) is 0 Å². The Morgan fingerprint density at radius 3 is 2.51 bits per heavy atom. The Morgan fingerprint density at radius 1 is 0.973 bits per heavy atom. The standard InChI is InChI=1S/C26H31Cl2N9/c1-17-3-6-24(33-25(17)29)30-7-8-31-26-23-14-19(15-36-11-9-35(2)10-12-36)34-37(23)16-22(32-26)20-5-4-18(27)13-21(20)28/h3-6,13-14,16H,7-12,15H2,1-2H3,(H,31,32)(H3,29,30,33). The molecule has 0 spiro atoms. The number of likely N-dealkylation sites (N-methyl/N-ethyl adjacent to an activating group) is 1. The summed E-state index contributed by atoms with van der Waals surface area (Å²) in [5, 5.41) is 12.8. The van der Waals surface area contributed by atoms with E-state index in [1.54, 1.807) is 6.07 Å². The van der Waals surface area contributed by atoms with Crippen molar-refractivity contribution < 1.29 is 0 Å². The molecule has 0 aliphatic carbocycles. The van der Waals surface area contributed by atoms with E-state index in [-0.39, 0.29) is 0 Å². The molecular weight excluding hydrogens is 509 g/mol. The zero-order valence-electron chi connectivity index (χ0n) is 21.0. The first kappa shape index (κ1) is 25.5. The lowest BCUT2D eigenvalue weighted by atomic mass is 10.1. The van der Waals surface area contributed by atoms with Gasteiger partial charge in [-0.05, 0) is 49.9 Å². The molecule has 0 bridgehead atoms. The highest BCUT2D eigenvalue weighted by molar-refractivity contribution is 6.36. The molecule has 9 nitrogen and oxygen atoms in total. The second-order valence-corrected chi connectivity index (χ2v) is 10.2. The van der Waals surface area contributed by atoms with E-state index in [9.17, 15) is 0 Å². The molecule has 1 saturated heterocycles. The fraction of sp³-hybridized carbons (Fsp3) is 0.346. The minimum atomic E-state index is 0.529. The molecule has 1 aliphatic heterocycles. The minimum absolute atomic E-state index is 0.529. The van der Waals surface area contributed by atoms with Crippen LogP contribution in [0.3, 0.4) is 0 Å². The van der Waals surface area contributed by atoms with Crippen LogP contribution in [0.1, 0.15) is 11.3 Å². The lowest BCUT2D eigenvalue weighted by molar-refractivity contribution is 0.147. The van der Waals surface area contributed by atoms with Gasteiger partial charge in [0.15, 0.2) is 5.82 Å². The van der Waals surface area contributed by atoms with E-state index in [2.05, 4.69) is 38.5 Å². The SMILES string of the molecule is Cc1ccc(NCCNc2nc(-c3ccc(Cl)cc3Cl)cn3nc(CN4CCN(C)CC4)cc23)nc1N. The number of nitrogen functional groups attached to an aromatic ring is 1. The van der Waals surface area contributed by atoms with E-state index in [0.29, 0.717) is 34.6 Å². The van der Waals surface area contributed by atoms with Crippen molar-refractivity contribution in [1.29, 1.82) is 0 Å². The van der Waals surface area contributed by atoms with Gasteiger partial charge >= 0.3 is 0 Å². The highest BCUT2D eigenvalue weighted by atomic mass is 35.5. The number of nitrogens with two attached hydrogens (primary N) is 1. The van der Waals surface area contributed by atoms with Crippen LogP contribution in [0, 0.1) is 6.92 Å². The number of anilines is 3. The van der Waals surface area contributed by atoms with Crippen LogP contribution in [0.2, 0.25) is 10.0 Å². The minimum Gasteiger partial charge on any atom is -0.383 e. The average molecular weight is 541 g/mol. The second-order valence-electron chi connectivity index (χ2n) is 9.40. The number of benzene rings is 1. The predicted molar refractivity (Wildman–Crippen MR) is 152 cm³/mol. The number of hydrogen-bond acceptors (Lipinski definition) is 8. The summed E-state index contributed by atoms with van der Waals surface area (Å²) < 4.78 is 1.89. The Balaban J connectivity index is 1.38. The fourth-order valence-corrected chi connectivity index (χ4v) is 4.83. The molecule has 11 heteroatoms. The number of nitrogens with zero attached hydrogens (tertiary/aromatic N) is 6. The molecule has 0 amide bonds. The summed E-state index contributed by atoms with van der Waals surface area (Å²) in [7, 11) is 2.16. The van der Waals surface area contributed by atoms with Crippen molar-refractivity contribution in [1.82, 2.24) is 29.4 Å². The molecule has 194 valence electrons. The first-order chi connectivity index (χ1) is 17.9. The van der Waals surface area contributed by atoms with Crippen molar-refractivity contribution in [3.8, 4) is 11.3 Å². The van der Waals surface area contributed by atoms with Crippen LogP contribution in [-0.2, 0) is 6.54 Å². The molecule has 3 aromatic heterocycles. The molecule has 4 N–H and O–H groups in total. The van der Waals surface area contributed by atoms with Crippen molar-refractivity contribution in [2.75, 3.05) is 62.7 Å². The van der Waals surface area contributed by atoms with Gasteiger partial charge in [0.25, 0.3) is 0 Å². The maximum atomic E-state index is 6.52. The Morgan fingerprint density at radius 2 is 1.76 bits per heavy atom. The van der Waals surface area contributed by atoms with E-state index in [1.165, 1.54) is 0 Å². The largest absolute Gasteiger partial charge is 0.383 e. The summed E-state index contributed by atoms with van der Waals surface area (Å²) in [4.78, 5) is 14.1. The fourth-order valence-electron chi connectivity index (χ4n) is 4.33. The summed E-state index contributed by atoms with van der Waals surface area (Å²) in [6.45, 7) is 8.19. The highest BCUT2D eigenvalue weighted by Crippen LogP contribution is 2.31. The smallest absolute Gasteiger partial charge is 0.152 e. The predicted octanol–water partition coefficient (Wildman–Crippen LogP) is 4.26.